The lowest BCUT2D eigenvalue weighted by atomic mass is 10.1. The van der Waals surface area contributed by atoms with Crippen LogP contribution >= 0.6 is 0 Å². The summed E-state index contributed by atoms with van der Waals surface area (Å²) in [5, 5.41) is 5.86. The molecule has 2 rings (SSSR count). The second-order valence-electron chi connectivity index (χ2n) is 4.97. The van der Waals surface area contributed by atoms with Crippen molar-refractivity contribution in [2.24, 2.45) is 0 Å². The molecule has 3 N–H and O–H groups in total. The van der Waals surface area contributed by atoms with Crippen LogP contribution in [-0.4, -0.2) is 34.0 Å². The van der Waals surface area contributed by atoms with E-state index in [1.165, 1.54) is 6.07 Å². The molecule has 0 radical (unpaired) electrons. The van der Waals surface area contributed by atoms with E-state index in [9.17, 15) is 13.2 Å². The first-order valence-electron chi connectivity index (χ1n) is 7.16. The first kappa shape index (κ1) is 15.9. The maximum absolute atomic E-state index is 12.2. The fourth-order valence-corrected chi connectivity index (χ4v) is 3.33. The summed E-state index contributed by atoms with van der Waals surface area (Å²) in [4.78, 5) is 11.7. The lowest BCUT2D eigenvalue weighted by Gasteiger charge is -2.11. The molecule has 0 bridgehead atoms. The van der Waals surface area contributed by atoms with Crippen LogP contribution in [0.25, 0.3) is 0 Å². The number of likely N-dealkylation sites (N-methyl/N-ethyl adjacent to an activating group) is 1. The maximum Gasteiger partial charge on any atom is 0.240 e. The summed E-state index contributed by atoms with van der Waals surface area (Å²) in [5.74, 6) is -0.0203. The molecule has 0 aromatic heterocycles. The molecular weight excluding hydrogens is 290 g/mol. The van der Waals surface area contributed by atoms with Crippen LogP contribution in [0.2, 0.25) is 0 Å². The van der Waals surface area contributed by atoms with Gasteiger partial charge in [-0.3, -0.25) is 4.79 Å². The van der Waals surface area contributed by atoms with E-state index >= 15 is 0 Å². The summed E-state index contributed by atoms with van der Waals surface area (Å²) in [6, 6.07) is 4.84. The summed E-state index contributed by atoms with van der Waals surface area (Å²) < 4.78 is 27.0. The van der Waals surface area contributed by atoms with Crippen molar-refractivity contribution in [3.8, 4) is 0 Å². The zero-order valence-electron chi connectivity index (χ0n) is 12.1. The van der Waals surface area contributed by atoms with Crippen LogP contribution in [0.15, 0.2) is 23.1 Å². The van der Waals surface area contributed by atoms with Crippen LogP contribution < -0.4 is 15.4 Å². The van der Waals surface area contributed by atoms with Gasteiger partial charge in [-0.2, -0.15) is 0 Å². The number of nitrogens with one attached hydrogen (secondary N) is 3. The first-order valence-corrected chi connectivity index (χ1v) is 8.64. The van der Waals surface area contributed by atoms with E-state index in [2.05, 4.69) is 15.4 Å². The Bertz CT molecular complexity index is 614. The third kappa shape index (κ3) is 4.26. The summed E-state index contributed by atoms with van der Waals surface area (Å²) in [6.07, 6.45) is 1.91. The summed E-state index contributed by atoms with van der Waals surface area (Å²) in [7, 11) is -3.50. The first-order chi connectivity index (χ1) is 10.0. The molecule has 0 unspecified atom stereocenters. The Kier molecular flexibility index (Phi) is 5.33. The molecule has 0 aliphatic carbocycles. The molecule has 21 heavy (non-hydrogen) atoms. The van der Waals surface area contributed by atoms with Gasteiger partial charge in [0.25, 0.3) is 0 Å². The minimum absolute atomic E-state index is 0.0203. The van der Waals surface area contributed by atoms with E-state index in [-0.39, 0.29) is 10.8 Å². The lowest BCUT2D eigenvalue weighted by Crippen LogP contribution is -2.31. The normalized spacial score (nSPS) is 15.2. The number of fused-ring (bicyclic) bond motifs is 1. The number of amides is 1. The number of rotatable bonds is 6. The van der Waals surface area contributed by atoms with Crippen molar-refractivity contribution in [3.63, 3.8) is 0 Å². The minimum Gasteiger partial charge on any atom is -0.326 e. The quantitative estimate of drug-likeness (QED) is 0.680. The van der Waals surface area contributed by atoms with Crippen LogP contribution in [0.1, 0.15) is 25.3 Å². The van der Waals surface area contributed by atoms with Crippen molar-refractivity contribution in [1.82, 2.24) is 10.0 Å². The number of sulfonamides is 1. The summed E-state index contributed by atoms with van der Waals surface area (Å²) in [5.41, 5.74) is 1.58. The van der Waals surface area contributed by atoms with Gasteiger partial charge in [-0.15, -0.1) is 0 Å². The number of hydrogen-bond donors (Lipinski definition) is 3. The van der Waals surface area contributed by atoms with Crippen LogP contribution in [0.5, 0.6) is 0 Å². The summed E-state index contributed by atoms with van der Waals surface area (Å²) in [6.45, 7) is 3.72. The Morgan fingerprint density at radius 1 is 1.24 bits per heavy atom. The van der Waals surface area contributed by atoms with Gasteiger partial charge in [0.2, 0.25) is 15.9 Å². The number of carbonyl (C=O) groups is 1. The van der Waals surface area contributed by atoms with Crippen LogP contribution in [0.4, 0.5) is 5.69 Å². The number of aryl methyl sites for hydroxylation is 1. The highest BCUT2D eigenvalue weighted by Gasteiger charge is 2.18. The Balaban J connectivity index is 2.13. The SMILES string of the molecule is CCNCCNS(=O)(=O)c1ccc2c(c1)CCCC(=O)N2. The van der Waals surface area contributed by atoms with Crippen molar-refractivity contribution in [2.75, 3.05) is 25.0 Å². The fourth-order valence-electron chi connectivity index (χ4n) is 2.25. The molecule has 1 aliphatic rings. The monoisotopic (exact) mass is 311 g/mol. The molecule has 1 heterocycles. The molecule has 0 saturated carbocycles. The van der Waals surface area contributed by atoms with E-state index in [4.69, 9.17) is 0 Å². The largest absolute Gasteiger partial charge is 0.326 e. The third-order valence-corrected chi connectivity index (χ3v) is 4.81. The Morgan fingerprint density at radius 3 is 2.81 bits per heavy atom. The van der Waals surface area contributed by atoms with Crippen molar-refractivity contribution in [3.05, 3.63) is 23.8 Å². The Hall–Kier alpha value is -1.44. The average molecular weight is 311 g/mol. The van der Waals surface area contributed by atoms with E-state index in [1.807, 2.05) is 6.92 Å². The van der Waals surface area contributed by atoms with Crippen LogP contribution in [0.3, 0.4) is 0 Å². The van der Waals surface area contributed by atoms with Gasteiger partial charge in [0.1, 0.15) is 0 Å². The molecule has 1 aliphatic heterocycles. The molecule has 0 fully saturated rings. The molecule has 116 valence electrons. The molecule has 1 aromatic rings. The highest BCUT2D eigenvalue weighted by atomic mass is 32.2. The van der Waals surface area contributed by atoms with Crippen LogP contribution in [-0.2, 0) is 21.2 Å². The zero-order valence-corrected chi connectivity index (χ0v) is 12.9. The molecule has 1 amide bonds. The Morgan fingerprint density at radius 2 is 2.05 bits per heavy atom. The fraction of sp³-hybridized carbons (Fsp3) is 0.500. The minimum atomic E-state index is -3.50. The maximum atomic E-state index is 12.2. The zero-order chi connectivity index (χ0) is 15.3. The van der Waals surface area contributed by atoms with Gasteiger partial charge in [-0.05, 0) is 43.1 Å². The van der Waals surface area contributed by atoms with Gasteiger partial charge < -0.3 is 10.6 Å². The van der Waals surface area contributed by atoms with Gasteiger partial charge in [0, 0.05) is 25.2 Å². The Labute approximate surface area is 125 Å². The van der Waals surface area contributed by atoms with Crippen molar-refractivity contribution >= 4 is 21.6 Å². The molecule has 0 saturated heterocycles. The van der Waals surface area contributed by atoms with E-state index in [1.54, 1.807) is 12.1 Å². The highest BCUT2D eigenvalue weighted by molar-refractivity contribution is 7.89. The number of benzene rings is 1. The standard InChI is InChI=1S/C14H21N3O3S/c1-2-15-8-9-16-21(19,20)12-6-7-13-11(10-12)4-3-5-14(18)17-13/h6-7,10,15-16H,2-5,8-9H2,1H3,(H,17,18). The van der Waals surface area contributed by atoms with Gasteiger partial charge in [-0.1, -0.05) is 6.92 Å². The molecule has 0 atom stereocenters. The van der Waals surface area contributed by atoms with Crippen molar-refractivity contribution in [1.29, 1.82) is 0 Å². The number of hydrogen-bond acceptors (Lipinski definition) is 4. The molecule has 7 heteroatoms. The highest BCUT2D eigenvalue weighted by Crippen LogP contribution is 2.24. The topological polar surface area (TPSA) is 87.3 Å². The molecular formula is C14H21N3O3S. The van der Waals surface area contributed by atoms with Crippen molar-refractivity contribution in [2.45, 2.75) is 31.1 Å². The number of anilines is 1. The van der Waals surface area contributed by atoms with Gasteiger partial charge in [-0.25, -0.2) is 13.1 Å². The average Bonchev–Trinajstić information content (AvgIpc) is 2.63. The molecule has 1 aromatic carbocycles. The predicted octanol–water partition coefficient (Wildman–Crippen LogP) is 0.849. The predicted molar refractivity (Wildman–Crippen MR) is 81.7 cm³/mol. The second kappa shape index (κ2) is 7.02. The van der Waals surface area contributed by atoms with E-state index < -0.39 is 10.0 Å². The molecule has 0 spiro atoms. The molecule has 6 nitrogen and oxygen atoms in total. The van der Waals surface area contributed by atoms with Gasteiger partial charge in [0.05, 0.1) is 4.90 Å². The van der Waals surface area contributed by atoms with Crippen LogP contribution in [0, 0.1) is 0 Å². The van der Waals surface area contributed by atoms with E-state index in [0.717, 1.165) is 18.5 Å². The third-order valence-electron chi connectivity index (χ3n) is 3.35. The van der Waals surface area contributed by atoms with Gasteiger partial charge >= 0.3 is 0 Å². The van der Waals surface area contributed by atoms with E-state index in [0.29, 0.717) is 31.6 Å². The second-order valence-corrected chi connectivity index (χ2v) is 6.74. The van der Waals surface area contributed by atoms with Crippen molar-refractivity contribution < 1.29 is 13.2 Å². The van der Waals surface area contributed by atoms with Gasteiger partial charge in [0.15, 0.2) is 0 Å². The number of carbonyl (C=O) groups excluding carboxylic acids is 1. The lowest BCUT2D eigenvalue weighted by molar-refractivity contribution is -0.116. The summed E-state index contributed by atoms with van der Waals surface area (Å²) >= 11 is 0. The smallest absolute Gasteiger partial charge is 0.240 e.